The minimum absolute atomic E-state index is 0.471. The summed E-state index contributed by atoms with van der Waals surface area (Å²) in [6.45, 7) is 11.8. The summed E-state index contributed by atoms with van der Waals surface area (Å²) in [7, 11) is 0. The first-order valence-corrected chi connectivity index (χ1v) is 9.15. The summed E-state index contributed by atoms with van der Waals surface area (Å²) in [6, 6.07) is 2.52. The molecule has 2 atom stereocenters. The second-order valence-corrected chi connectivity index (χ2v) is 8.08. The quantitative estimate of drug-likeness (QED) is 0.890. The van der Waals surface area contributed by atoms with Crippen LogP contribution < -0.4 is 10.2 Å². The first kappa shape index (κ1) is 16.9. The number of thioether (sulfide) groups is 1. The lowest BCUT2D eigenvalue weighted by atomic mass is 10.2. The molecule has 1 aromatic heterocycles. The van der Waals surface area contributed by atoms with Crippen LogP contribution in [0.2, 0.25) is 5.02 Å². The molecule has 1 aliphatic rings. The Morgan fingerprint density at radius 1 is 1.48 bits per heavy atom. The number of aromatic nitrogens is 1. The standard InChI is InChI=1S/C16H26ClN3S/c1-11(2)8-18-9-14-7-15(17)16(19-10-14)20-5-6-21-13(4)12(20)3/h7,10-13,18H,5-6,8-9H2,1-4H3. The summed E-state index contributed by atoms with van der Waals surface area (Å²) in [4.78, 5) is 6.97. The molecular formula is C16H26ClN3S. The van der Waals surface area contributed by atoms with Gasteiger partial charge in [-0.3, -0.25) is 0 Å². The van der Waals surface area contributed by atoms with Crippen molar-refractivity contribution in [1.82, 2.24) is 10.3 Å². The van der Waals surface area contributed by atoms with Gasteiger partial charge in [0.05, 0.1) is 5.02 Å². The Labute approximate surface area is 137 Å². The molecule has 0 aromatic carbocycles. The third-order valence-corrected chi connectivity index (χ3v) is 5.53. The Morgan fingerprint density at radius 3 is 2.90 bits per heavy atom. The molecule has 1 N–H and O–H groups in total. The highest BCUT2D eigenvalue weighted by molar-refractivity contribution is 8.00. The van der Waals surface area contributed by atoms with E-state index in [1.165, 1.54) is 0 Å². The minimum Gasteiger partial charge on any atom is -0.351 e. The largest absolute Gasteiger partial charge is 0.351 e. The fraction of sp³-hybridized carbons (Fsp3) is 0.688. The molecule has 0 bridgehead atoms. The maximum absolute atomic E-state index is 6.48. The van der Waals surface area contributed by atoms with Crippen LogP contribution in [-0.2, 0) is 6.54 Å². The van der Waals surface area contributed by atoms with Gasteiger partial charge in [0, 0.05) is 36.3 Å². The zero-order chi connectivity index (χ0) is 15.4. The zero-order valence-electron chi connectivity index (χ0n) is 13.4. The van der Waals surface area contributed by atoms with Gasteiger partial charge in [-0.15, -0.1) is 0 Å². The Kier molecular flexibility index (Phi) is 6.20. The molecule has 3 nitrogen and oxygen atoms in total. The Morgan fingerprint density at radius 2 is 2.24 bits per heavy atom. The van der Waals surface area contributed by atoms with Crippen molar-refractivity contribution < 1.29 is 0 Å². The fourth-order valence-electron chi connectivity index (χ4n) is 2.52. The molecule has 0 spiro atoms. The molecule has 2 unspecified atom stereocenters. The third kappa shape index (κ3) is 4.51. The molecule has 0 radical (unpaired) electrons. The first-order valence-electron chi connectivity index (χ1n) is 7.72. The summed E-state index contributed by atoms with van der Waals surface area (Å²) in [5.74, 6) is 2.73. The molecule has 2 heterocycles. The molecule has 118 valence electrons. The summed E-state index contributed by atoms with van der Waals surface area (Å²) in [5, 5.41) is 4.81. The van der Waals surface area contributed by atoms with Gasteiger partial charge in [-0.05, 0) is 31.0 Å². The van der Waals surface area contributed by atoms with E-state index in [1.807, 2.05) is 18.0 Å². The smallest absolute Gasteiger partial charge is 0.147 e. The van der Waals surface area contributed by atoms with E-state index in [0.717, 1.165) is 41.8 Å². The van der Waals surface area contributed by atoms with Gasteiger partial charge in [0.1, 0.15) is 5.82 Å². The van der Waals surface area contributed by atoms with E-state index < -0.39 is 0 Å². The topological polar surface area (TPSA) is 28.2 Å². The van der Waals surface area contributed by atoms with Crippen molar-refractivity contribution in [2.75, 3.05) is 23.7 Å². The van der Waals surface area contributed by atoms with Crippen LogP contribution in [0.4, 0.5) is 5.82 Å². The van der Waals surface area contributed by atoms with Crippen LogP contribution in [0.5, 0.6) is 0 Å². The number of hydrogen-bond acceptors (Lipinski definition) is 4. The Balaban J connectivity index is 2.05. The van der Waals surface area contributed by atoms with E-state index in [-0.39, 0.29) is 0 Å². The van der Waals surface area contributed by atoms with Crippen molar-refractivity contribution in [3.63, 3.8) is 0 Å². The summed E-state index contributed by atoms with van der Waals surface area (Å²) in [6.07, 6.45) is 1.95. The molecule has 2 rings (SSSR count). The highest BCUT2D eigenvalue weighted by atomic mass is 35.5. The van der Waals surface area contributed by atoms with E-state index in [1.54, 1.807) is 0 Å². The molecule has 0 saturated carbocycles. The maximum atomic E-state index is 6.48. The third-order valence-electron chi connectivity index (χ3n) is 3.92. The van der Waals surface area contributed by atoms with Gasteiger partial charge < -0.3 is 10.2 Å². The highest BCUT2D eigenvalue weighted by Crippen LogP contribution is 2.32. The second-order valence-electron chi connectivity index (χ2n) is 6.18. The van der Waals surface area contributed by atoms with Gasteiger partial charge in [-0.1, -0.05) is 32.4 Å². The number of halogens is 1. The molecule has 5 heteroatoms. The van der Waals surface area contributed by atoms with Crippen LogP contribution in [0.1, 0.15) is 33.3 Å². The van der Waals surface area contributed by atoms with Gasteiger partial charge in [-0.2, -0.15) is 11.8 Å². The van der Waals surface area contributed by atoms with Crippen LogP contribution in [0.15, 0.2) is 12.3 Å². The van der Waals surface area contributed by atoms with E-state index >= 15 is 0 Å². The monoisotopic (exact) mass is 327 g/mol. The Hall–Kier alpha value is -0.450. The number of anilines is 1. The summed E-state index contributed by atoms with van der Waals surface area (Å²) in [5.41, 5.74) is 1.15. The molecule has 21 heavy (non-hydrogen) atoms. The van der Waals surface area contributed by atoms with E-state index in [0.29, 0.717) is 17.2 Å². The lowest BCUT2D eigenvalue weighted by Gasteiger charge is -2.38. The molecular weight excluding hydrogens is 302 g/mol. The fourth-order valence-corrected chi connectivity index (χ4v) is 3.91. The highest BCUT2D eigenvalue weighted by Gasteiger charge is 2.27. The van der Waals surface area contributed by atoms with Gasteiger partial charge in [0.15, 0.2) is 0 Å². The lowest BCUT2D eigenvalue weighted by molar-refractivity contribution is 0.551. The zero-order valence-corrected chi connectivity index (χ0v) is 15.0. The number of nitrogens with zero attached hydrogens (tertiary/aromatic N) is 2. The average Bonchev–Trinajstić information content (AvgIpc) is 2.42. The van der Waals surface area contributed by atoms with Gasteiger partial charge in [-0.25, -0.2) is 4.98 Å². The first-order chi connectivity index (χ1) is 9.99. The molecule has 1 aliphatic heterocycles. The normalized spacial score (nSPS) is 22.9. The van der Waals surface area contributed by atoms with Gasteiger partial charge in [0.25, 0.3) is 0 Å². The predicted octanol–water partition coefficient (Wildman–Crippen LogP) is 3.81. The van der Waals surface area contributed by atoms with E-state index in [2.05, 4.69) is 49.0 Å². The van der Waals surface area contributed by atoms with Crippen LogP contribution in [-0.4, -0.2) is 35.1 Å². The maximum Gasteiger partial charge on any atom is 0.147 e. The average molecular weight is 328 g/mol. The van der Waals surface area contributed by atoms with Crippen LogP contribution in [0.25, 0.3) is 0 Å². The van der Waals surface area contributed by atoms with Crippen molar-refractivity contribution in [1.29, 1.82) is 0 Å². The molecule has 1 saturated heterocycles. The molecule has 0 aliphatic carbocycles. The molecule has 1 fully saturated rings. The van der Waals surface area contributed by atoms with Crippen molar-refractivity contribution >= 4 is 29.2 Å². The molecule has 1 aromatic rings. The van der Waals surface area contributed by atoms with Crippen LogP contribution in [0, 0.1) is 5.92 Å². The van der Waals surface area contributed by atoms with Crippen molar-refractivity contribution in [2.24, 2.45) is 5.92 Å². The number of rotatable bonds is 5. The van der Waals surface area contributed by atoms with E-state index in [9.17, 15) is 0 Å². The summed E-state index contributed by atoms with van der Waals surface area (Å²) < 4.78 is 0. The minimum atomic E-state index is 0.471. The number of pyridine rings is 1. The van der Waals surface area contributed by atoms with Crippen molar-refractivity contribution in [3.05, 3.63) is 22.8 Å². The second kappa shape index (κ2) is 7.70. The number of hydrogen-bond donors (Lipinski definition) is 1. The van der Waals surface area contributed by atoms with Crippen molar-refractivity contribution in [2.45, 2.75) is 45.5 Å². The van der Waals surface area contributed by atoms with Gasteiger partial charge in [0.2, 0.25) is 0 Å². The van der Waals surface area contributed by atoms with Crippen LogP contribution >= 0.6 is 23.4 Å². The lowest BCUT2D eigenvalue weighted by Crippen LogP contribution is -2.45. The van der Waals surface area contributed by atoms with E-state index in [4.69, 9.17) is 11.6 Å². The summed E-state index contributed by atoms with van der Waals surface area (Å²) >= 11 is 8.50. The van der Waals surface area contributed by atoms with Crippen LogP contribution in [0.3, 0.4) is 0 Å². The number of nitrogens with one attached hydrogen (secondary N) is 1. The van der Waals surface area contributed by atoms with Gasteiger partial charge >= 0.3 is 0 Å². The van der Waals surface area contributed by atoms with Crippen molar-refractivity contribution in [3.8, 4) is 0 Å². The predicted molar refractivity (Wildman–Crippen MR) is 94.5 cm³/mol. The molecule has 0 amide bonds. The SMILES string of the molecule is CC(C)CNCc1cnc(N2CCSC(C)C2C)c(Cl)c1. The Bertz CT molecular complexity index is 467.